The maximum Gasteiger partial charge on any atom is 0.192 e. The Bertz CT molecular complexity index is 357. The lowest BCUT2D eigenvalue weighted by Crippen LogP contribution is -2.41. The van der Waals surface area contributed by atoms with Crippen LogP contribution in [0.4, 0.5) is 0 Å². The standard InChI is InChI=1S/C14H20O3/c1-11(16-4)13(15)14(2,3)17-10-12-8-6-5-7-9-12/h5-9,11H,10H2,1-4H3. The molecule has 0 aliphatic carbocycles. The maximum atomic E-state index is 12.0. The van der Waals surface area contributed by atoms with E-state index in [1.165, 1.54) is 7.11 Å². The van der Waals surface area contributed by atoms with Gasteiger partial charge in [-0.05, 0) is 26.3 Å². The molecule has 17 heavy (non-hydrogen) atoms. The van der Waals surface area contributed by atoms with Crippen molar-refractivity contribution in [2.24, 2.45) is 0 Å². The second-order valence-corrected chi connectivity index (χ2v) is 4.53. The molecule has 0 aromatic heterocycles. The molecule has 3 heteroatoms. The Morgan fingerprint density at radius 2 is 1.88 bits per heavy atom. The molecule has 0 aliphatic heterocycles. The van der Waals surface area contributed by atoms with Gasteiger partial charge in [-0.15, -0.1) is 0 Å². The summed E-state index contributed by atoms with van der Waals surface area (Å²) >= 11 is 0. The summed E-state index contributed by atoms with van der Waals surface area (Å²) in [6, 6.07) is 9.80. The van der Waals surface area contributed by atoms with Crippen molar-refractivity contribution in [3.05, 3.63) is 35.9 Å². The molecule has 0 amide bonds. The number of ether oxygens (including phenoxy) is 2. The third-order valence-electron chi connectivity index (χ3n) is 2.76. The predicted octanol–water partition coefficient (Wildman–Crippen LogP) is 2.59. The quantitative estimate of drug-likeness (QED) is 0.761. The molecule has 1 aromatic rings. The van der Waals surface area contributed by atoms with Crippen LogP contribution in [-0.4, -0.2) is 24.6 Å². The van der Waals surface area contributed by atoms with E-state index in [2.05, 4.69) is 0 Å². The highest BCUT2D eigenvalue weighted by Gasteiger charge is 2.32. The minimum absolute atomic E-state index is 0.0454. The van der Waals surface area contributed by atoms with Gasteiger partial charge < -0.3 is 9.47 Å². The molecular formula is C14H20O3. The maximum absolute atomic E-state index is 12.0. The number of carbonyl (C=O) groups excluding carboxylic acids is 1. The lowest BCUT2D eigenvalue weighted by atomic mass is 9.99. The van der Waals surface area contributed by atoms with Gasteiger partial charge in [0.05, 0.1) is 6.61 Å². The van der Waals surface area contributed by atoms with Gasteiger partial charge in [-0.2, -0.15) is 0 Å². The zero-order valence-electron chi connectivity index (χ0n) is 10.9. The number of ketones is 1. The van der Waals surface area contributed by atoms with E-state index in [4.69, 9.17) is 9.47 Å². The van der Waals surface area contributed by atoms with Gasteiger partial charge in [0.2, 0.25) is 0 Å². The van der Waals surface area contributed by atoms with Crippen molar-refractivity contribution in [2.45, 2.75) is 39.1 Å². The van der Waals surface area contributed by atoms with Gasteiger partial charge in [0.25, 0.3) is 0 Å². The first-order valence-electron chi connectivity index (χ1n) is 5.72. The molecule has 0 saturated carbocycles. The van der Waals surface area contributed by atoms with Gasteiger partial charge >= 0.3 is 0 Å². The Hall–Kier alpha value is -1.19. The molecule has 0 N–H and O–H groups in total. The predicted molar refractivity (Wildman–Crippen MR) is 66.8 cm³/mol. The normalized spacial score (nSPS) is 13.4. The summed E-state index contributed by atoms with van der Waals surface area (Å²) in [5.74, 6) is -0.0454. The molecule has 0 saturated heterocycles. The molecule has 1 unspecified atom stereocenters. The summed E-state index contributed by atoms with van der Waals surface area (Å²) in [6.45, 7) is 5.70. The smallest absolute Gasteiger partial charge is 0.192 e. The van der Waals surface area contributed by atoms with E-state index < -0.39 is 11.7 Å². The number of Topliss-reactive ketones (excluding diaryl/α,β-unsaturated/α-hetero) is 1. The summed E-state index contributed by atoms with van der Waals surface area (Å²) in [5.41, 5.74) is 0.226. The Balaban J connectivity index is 2.58. The van der Waals surface area contributed by atoms with Gasteiger partial charge in [0.1, 0.15) is 11.7 Å². The Morgan fingerprint density at radius 3 is 2.41 bits per heavy atom. The average molecular weight is 236 g/mol. The van der Waals surface area contributed by atoms with Crippen molar-refractivity contribution in [1.82, 2.24) is 0 Å². The van der Waals surface area contributed by atoms with E-state index in [1.807, 2.05) is 30.3 Å². The van der Waals surface area contributed by atoms with Crippen LogP contribution in [0.5, 0.6) is 0 Å². The molecule has 0 heterocycles. The van der Waals surface area contributed by atoms with Crippen molar-refractivity contribution >= 4 is 5.78 Å². The fourth-order valence-electron chi connectivity index (χ4n) is 1.51. The molecule has 1 atom stereocenters. The first-order chi connectivity index (χ1) is 7.97. The number of benzene rings is 1. The van der Waals surface area contributed by atoms with Crippen molar-refractivity contribution in [2.75, 3.05) is 7.11 Å². The average Bonchev–Trinajstić information content (AvgIpc) is 2.36. The Morgan fingerprint density at radius 1 is 1.29 bits per heavy atom. The minimum atomic E-state index is -0.828. The summed E-state index contributed by atoms with van der Waals surface area (Å²) in [7, 11) is 1.52. The topological polar surface area (TPSA) is 35.5 Å². The van der Waals surface area contributed by atoms with Crippen molar-refractivity contribution < 1.29 is 14.3 Å². The molecule has 3 nitrogen and oxygen atoms in total. The molecule has 0 spiro atoms. The van der Waals surface area contributed by atoms with E-state index in [-0.39, 0.29) is 5.78 Å². The number of rotatable bonds is 6. The highest BCUT2D eigenvalue weighted by Crippen LogP contribution is 2.17. The number of hydrogen-bond acceptors (Lipinski definition) is 3. The molecule has 0 fully saturated rings. The van der Waals surface area contributed by atoms with E-state index in [0.717, 1.165) is 5.56 Å². The molecule has 1 rings (SSSR count). The van der Waals surface area contributed by atoms with Gasteiger partial charge in [-0.1, -0.05) is 30.3 Å². The lowest BCUT2D eigenvalue weighted by molar-refractivity contribution is -0.151. The fourth-order valence-corrected chi connectivity index (χ4v) is 1.51. The third kappa shape index (κ3) is 3.95. The largest absolute Gasteiger partial charge is 0.374 e. The summed E-state index contributed by atoms with van der Waals surface area (Å²) in [6.07, 6.45) is -0.444. The number of methoxy groups -OCH3 is 1. The van der Waals surface area contributed by atoms with Crippen LogP contribution in [0.3, 0.4) is 0 Å². The van der Waals surface area contributed by atoms with E-state index in [0.29, 0.717) is 6.61 Å². The van der Waals surface area contributed by atoms with E-state index >= 15 is 0 Å². The number of carbonyl (C=O) groups is 1. The van der Waals surface area contributed by atoms with E-state index in [1.54, 1.807) is 20.8 Å². The summed E-state index contributed by atoms with van der Waals surface area (Å²) < 4.78 is 10.7. The summed E-state index contributed by atoms with van der Waals surface area (Å²) in [4.78, 5) is 12.0. The van der Waals surface area contributed by atoms with E-state index in [9.17, 15) is 4.79 Å². The molecular weight excluding hydrogens is 216 g/mol. The first kappa shape index (κ1) is 13.9. The first-order valence-corrected chi connectivity index (χ1v) is 5.72. The SMILES string of the molecule is COC(C)C(=O)C(C)(C)OCc1ccccc1. The van der Waals surface area contributed by atoms with Crippen molar-refractivity contribution in [1.29, 1.82) is 0 Å². The zero-order chi connectivity index (χ0) is 12.9. The summed E-state index contributed by atoms with van der Waals surface area (Å²) in [5, 5.41) is 0. The minimum Gasteiger partial charge on any atom is -0.374 e. The van der Waals surface area contributed by atoms with Crippen LogP contribution in [0, 0.1) is 0 Å². The van der Waals surface area contributed by atoms with Gasteiger partial charge in [-0.25, -0.2) is 0 Å². The second-order valence-electron chi connectivity index (χ2n) is 4.53. The molecule has 94 valence electrons. The molecule has 0 aliphatic rings. The van der Waals surface area contributed by atoms with Gasteiger partial charge in [0, 0.05) is 7.11 Å². The lowest BCUT2D eigenvalue weighted by Gasteiger charge is -2.26. The van der Waals surface area contributed by atoms with Gasteiger partial charge in [-0.3, -0.25) is 4.79 Å². The van der Waals surface area contributed by atoms with Crippen LogP contribution in [0.25, 0.3) is 0 Å². The molecule has 0 radical (unpaired) electrons. The van der Waals surface area contributed by atoms with Crippen LogP contribution >= 0.6 is 0 Å². The van der Waals surface area contributed by atoms with Crippen molar-refractivity contribution in [3.63, 3.8) is 0 Å². The number of hydrogen-bond donors (Lipinski definition) is 0. The Labute approximate surface area is 103 Å². The van der Waals surface area contributed by atoms with Crippen LogP contribution < -0.4 is 0 Å². The van der Waals surface area contributed by atoms with Crippen LogP contribution in [0.2, 0.25) is 0 Å². The fraction of sp³-hybridized carbons (Fsp3) is 0.500. The van der Waals surface area contributed by atoms with Crippen LogP contribution in [0.15, 0.2) is 30.3 Å². The second kappa shape index (κ2) is 5.94. The van der Waals surface area contributed by atoms with Crippen molar-refractivity contribution in [3.8, 4) is 0 Å². The van der Waals surface area contributed by atoms with Gasteiger partial charge in [0.15, 0.2) is 5.78 Å². The third-order valence-corrected chi connectivity index (χ3v) is 2.76. The highest BCUT2D eigenvalue weighted by atomic mass is 16.5. The highest BCUT2D eigenvalue weighted by molar-refractivity contribution is 5.90. The molecule has 1 aromatic carbocycles. The Kier molecular flexibility index (Phi) is 4.85. The monoisotopic (exact) mass is 236 g/mol. The van der Waals surface area contributed by atoms with Crippen LogP contribution in [-0.2, 0) is 20.9 Å². The van der Waals surface area contributed by atoms with Crippen LogP contribution in [0.1, 0.15) is 26.3 Å². The zero-order valence-corrected chi connectivity index (χ0v) is 10.9. The molecule has 0 bridgehead atoms.